The lowest BCUT2D eigenvalue weighted by Gasteiger charge is -2.10. The van der Waals surface area contributed by atoms with Gasteiger partial charge in [0.1, 0.15) is 6.04 Å². The number of carbonyl (C=O) groups excluding carboxylic acids is 1. The third kappa shape index (κ3) is 4.75. The maximum atomic E-state index is 11.3. The smallest absolute Gasteiger partial charge is 0.323 e. The van der Waals surface area contributed by atoms with Crippen LogP contribution in [0.3, 0.4) is 0 Å². The van der Waals surface area contributed by atoms with E-state index in [9.17, 15) is 4.79 Å². The number of thioether (sulfide) groups is 1. The predicted octanol–water partition coefficient (Wildman–Crippen LogP) is 1.68. The van der Waals surface area contributed by atoms with Crippen LogP contribution in [0.1, 0.15) is 18.2 Å². The number of aryl methyl sites for hydroxylation is 2. The minimum atomic E-state index is -0.595. The Bertz CT molecular complexity index is 376. The van der Waals surface area contributed by atoms with Gasteiger partial charge in [-0.05, 0) is 38.5 Å². The van der Waals surface area contributed by atoms with Crippen LogP contribution in [-0.2, 0) is 9.53 Å². The van der Waals surface area contributed by atoms with Crippen molar-refractivity contribution in [3.05, 3.63) is 23.4 Å². The average molecular weight is 254 g/mol. The van der Waals surface area contributed by atoms with Gasteiger partial charge in [-0.1, -0.05) is 0 Å². The highest BCUT2D eigenvalue weighted by Crippen LogP contribution is 2.18. The van der Waals surface area contributed by atoms with E-state index in [0.717, 1.165) is 16.3 Å². The van der Waals surface area contributed by atoms with Crippen molar-refractivity contribution in [3.63, 3.8) is 0 Å². The number of pyridine rings is 1. The fourth-order valence-corrected chi connectivity index (χ4v) is 2.33. The molecule has 0 saturated carbocycles. The largest absolute Gasteiger partial charge is 0.465 e. The first kappa shape index (κ1) is 14.0. The Morgan fingerprint density at radius 2 is 2.24 bits per heavy atom. The van der Waals surface area contributed by atoms with E-state index in [-0.39, 0.29) is 5.97 Å². The highest BCUT2D eigenvalue weighted by molar-refractivity contribution is 7.99. The molecule has 1 heterocycles. The second-order valence-corrected chi connectivity index (χ2v) is 4.83. The van der Waals surface area contributed by atoms with E-state index in [0.29, 0.717) is 12.4 Å². The molecule has 4 nitrogen and oxygen atoms in total. The topological polar surface area (TPSA) is 65.2 Å². The Labute approximate surface area is 106 Å². The first-order valence-corrected chi connectivity index (χ1v) is 6.51. The van der Waals surface area contributed by atoms with E-state index in [4.69, 9.17) is 10.5 Å². The molecule has 0 aromatic carbocycles. The molecular formula is C12H18N2O2S. The molecule has 0 amide bonds. The summed E-state index contributed by atoms with van der Waals surface area (Å²) >= 11 is 1.47. The average Bonchev–Trinajstić information content (AvgIpc) is 2.25. The Hall–Kier alpha value is -1.07. The molecular weight excluding hydrogens is 236 g/mol. The zero-order valence-corrected chi connectivity index (χ0v) is 11.2. The second-order valence-electron chi connectivity index (χ2n) is 3.79. The minimum Gasteiger partial charge on any atom is -0.465 e. The van der Waals surface area contributed by atoms with Crippen molar-refractivity contribution < 1.29 is 9.53 Å². The number of hydrogen-bond donors (Lipinski definition) is 1. The number of carbonyl (C=O) groups is 1. The molecule has 0 aliphatic rings. The van der Waals surface area contributed by atoms with Crippen LogP contribution in [0, 0.1) is 13.8 Å². The second kappa shape index (κ2) is 6.61. The van der Waals surface area contributed by atoms with Crippen molar-refractivity contribution in [2.24, 2.45) is 5.73 Å². The first-order chi connectivity index (χ1) is 8.02. The summed E-state index contributed by atoms with van der Waals surface area (Å²) in [4.78, 5) is 15.7. The molecule has 0 fully saturated rings. The van der Waals surface area contributed by atoms with E-state index in [1.165, 1.54) is 11.8 Å². The number of hydrogen-bond acceptors (Lipinski definition) is 5. The van der Waals surface area contributed by atoms with Gasteiger partial charge in [0.15, 0.2) is 0 Å². The van der Waals surface area contributed by atoms with Gasteiger partial charge < -0.3 is 10.5 Å². The first-order valence-electron chi connectivity index (χ1n) is 5.53. The SMILES string of the molecule is CCOC(=O)C(N)CSc1cc(C)cc(C)n1. The van der Waals surface area contributed by atoms with E-state index in [2.05, 4.69) is 4.98 Å². The van der Waals surface area contributed by atoms with Gasteiger partial charge in [-0.25, -0.2) is 4.98 Å². The summed E-state index contributed by atoms with van der Waals surface area (Å²) in [7, 11) is 0. The third-order valence-corrected chi connectivity index (χ3v) is 3.11. The number of ether oxygens (including phenoxy) is 1. The minimum absolute atomic E-state index is 0.357. The highest BCUT2D eigenvalue weighted by atomic mass is 32.2. The molecule has 1 rings (SSSR count). The number of esters is 1. The molecule has 2 N–H and O–H groups in total. The lowest BCUT2D eigenvalue weighted by molar-refractivity contribution is -0.144. The van der Waals surface area contributed by atoms with Crippen LogP contribution in [-0.4, -0.2) is 29.4 Å². The molecule has 0 radical (unpaired) electrons. The third-order valence-electron chi connectivity index (χ3n) is 2.07. The quantitative estimate of drug-likeness (QED) is 0.639. The highest BCUT2D eigenvalue weighted by Gasteiger charge is 2.15. The molecule has 0 aliphatic carbocycles. The van der Waals surface area contributed by atoms with Gasteiger partial charge >= 0.3 is 5.97 Å². The van der Waals surface area contributed by atoms with Crippen LogP contribution < -0.4 is 5.73 Å². The maximum absolute atomic E-state index is 11.3. The van der Waals surface area contributed by atoms with Gasteiger partial charge in [0.2, 0.25) is 0 Å². The molecule has 0 spiro atoms. The molecule has 17 heavy (non-hydrogen) atoms. The van der Waals surface area contributed by atoms with Gasteiger partial charge in [-0.2, -0.15) is 0 Å². The number of nitrogens with two attached hydrogens (primary N) is 1. The van der Waals surface area contributed by atoms with Crippen LogP contribution >= 0.6 is 11.8 Å². The van der Waals surface area contributed by atoms with E-state index < -0.39 is 6.04 Å². The predicted molar refractivity (Wildman–Crippen MR) is 69.0 cm³/mol. The van der Waals surface area contributed by atoms with E-state index in [1.54, 1.807) is 6.92 Å². The summed E-state index contributed by atoms with van der Waals surface area (Å²) in [6.07, 6.45) is 0. The molecule has 1 aromatic rings. The fourth-order valence-electron chi connectivity index (χ4n) is 1.37. The van der Waals surface area contributed by atoms with Gasteiger partial charge in [0.05, 0.1) is 11.6 Å². The van der Waals surface area contributed by atoms with Crippen LogP contribution in [0.25, 0.3) is 0 Å². The van der Waals surface area contributed by atoms with Gasteiger partial charge in [-0.15, -0.1) is 11.8 Å². The van der Waals surface area contributed by atoms with Gasteiger partial charge in [0.25, 0.3) is 0 Å². The Balaban J connectivity index is 2.52. The lowest BCUT2D eigenvalue weighted by atomic mass is 10.3. The Morgan fingerprint density at radius 1 is 1.53 bits per heavy atom. The summed E-state index contributed by atoms with van der Waals surface area (Å²) in [5.41, 5.74) is 7.83. The molecule has 94 valence electrons. The normalized spacial score (nSPS) is 12.2. The molecule has 0 aliphatic heterocycles. The summed E-state index contributed by atoms with van der Waals surface area (Å²) in [5.74, 6) is 0.124. The molecule has 1 unspecified atom stereocenters. The van der Waals surface area contributed by atoms with E-state index in [1.807, 2.05) is 26.0 Å². The summed E-state index contributed by atoms with van der Waals surface area (Å²) in [5, 5.41) is 0.891. The van der Waals surface area contributed by atoms with Gasteiger partial charge in [0, 0.05) is 11.4 Å². The van der Waals surface area contributed by atoms with Gasteiger partial charge in [-0.3, -0.25) is 4.79 Å². The molecule has 1 aromatic heterocycles. The molecule has 5 heteroatoms. The van der Waals surface area contributed by atoms with Crippen LogP contribution in [0.4, 0.5) is 0 Å². The van der Waals surface area contributed by atoms with Crippen molar-refractivity contribution >= 4 is 17.7 Å². The summed E-state index contributed by atoms with van der Waals surface area (Å²) in [6.45, 7) is 6.09. The fraction of sp³-hybridized carbons (Fsp3) is 0.500. The molecule has 0 saturated heterocycles. The Kier molecular flexibility index (Phi) is 5.44. The molecule has 0 bridgehead atoms. The lowest BCUT2D eigenvalue weighted by Crippen LogP contribution is -2.34. The van der Waals surface area contributed by atoms with Crippen molar-refractivity contribution in [2.75, 3.05) is 12.4 Å². The maximum Gasteiger partial charge on any atom is 0.323 e. The van der Waals surface area contributed by atoms with Crippen LogP contribution in [0.5, 0.6) is 0 Å². The van der Waals surface area contributed by atoms with Crippen LogP contribution in [0.15, 0.2) is 17.2 Å². The monoisotopic (exact) mass is 254 g/mol. The van der Waals surface area contributed by atoms with E-state index >= 15 is 0 Å². The van der Waals surface area contributed by atoms with Crippen molar-refractivity contribution in [3.8, 4) is 0 Å². The number of aromatic nitrogens is 1. The molecule has 1 atom stereocenters. The standard InChI is InChI=1S/C12H18N2O2S/c1-4-16-12(15)10(13)7-17-11-6-8(2)5-9(3)14-11/h5-6,10H,4,7,13H2,1-3H3. The number of rotatable bonds is 5. The zero-order chi connectivity index (χ0) is 12.8. The van der Waals surface area contributed by atoms with Crippen molar-refractivity contribution in [2.45, 2.75) is 31.8 Å². The zero-order valence-electron chi connectivity index (χ0n) is 10.4. The number of nitrogens with zero attached hydrogens (tertiary/aromatic N) is 1. The van der Waals surface area contributed by atoms with Crippen molar-refractivity contribution in [1.82, 2.24) is 4.98 Å². The van der Waals surface area contributed by atoms with Crippen LogP contribution in [0.2, 0.25) is 0 Å². The summed E-state index contributed by atoms with van der Waals surface area (Å²) in [6, 6.07) is 3.40. The summed E-state index contributed by atoms with van der Waals surface area (Å²) < 4.78 is 4.84. The van der Waals surface area contributed by atoms with Crippen molar-refractivity contribution in [1.29, 1.82) is 0 Å². The Morgan fingerprint density at radius 3 is 2.82 bits per heavy atom.